The van der Waals surface area contributed by atoms with Gasteiger partial charge in [0.1, 0.15) is 0 Å². The lowest BCUT2D eigenvalue weighted by molar-refractivity contribution is -0.416. The quantitative estimate of drug-likeness (QED) is 0.586. The molecule has 1 heterocycles. The third-order valence-electron chi connectivity index (χ3n) is 3.84. The van der Waals surface area contributed by atoms with Gasteiger partial charge in [-0.1, -0.05) is 0 Å². The Balaban J connectivity index is 2.70. The molecule has 0 bridgehead atoms. The molecule has 8 heteroatoms. The van der Waals surface area contributed by atoms with Gasteiger partial charge in [-0.3, -0.25) is 19.7 Å². The molecule has 1 amide bonds. The molecule has 1 N–H and O–H groups in total. The van der Waals surface area contributed by atoms with E-state index in [1.165, 1.54) is 23.8 Å². The normalized spacial score (nSPS) is 13.8. The molecule has 0 spiro atoms. The fraction of sp³-hybridized carbons (Fsp3) is 0.375. The van der Waals surface area contributed by atoms with Crippen LogP contribution in [0, 0.1) is 10.1 Å². The minimum absolute atomic E-state index is 0.0211. The van der Waals surface area contributed by atoms with Crippen LogP contribution in [0.1, 0.15) is 19.8 Å². The summed E-state index contributed by atoms with van der Waals surface area (Å²) in [4.78, 5) is 34.4. The fourth-order valence-corrected chi connectivity index (χ4v) is 2.59. The molecule has 0 aromatic carbocycles. The Bertz CT molecular complexity index is 896. The molecule has 24 heavy (non-hydrogen) atoms. The monoisotopic (exact) mass is 333 g/mol. The first-order chi connectivity index (χ1) is 11.3. The maximum Gasteiger partial charge on any atom is 0.293 e. The van der Waals surface area contributed by atoms with E-state index in [1.807, 2.05) is 6.92 Å². The van der Waals surface area contributed by atoms with Gasteiger partial charge < -0.3 is 14.6 Å². The Morgan fingerprint density at radius 2 is 2.21 bits per heavy atom. The molecule has 0 atom stereocenters. The SMILES string of the molecule is CNC(=O)COc1cc2c(n(C)c1=O)=C(C)CCC=C([N+](=O)[O-])C=2. The third kappa shape index (κ3) is 3.53. The molecule has 0 saturated heterocycles. The van der Waals surface area contributed by atoms with Crippen LogP contribution in [0.2, 0.25) is 0 Å². The van der Waals surface area contributed by atoms with Crippen LogP contribution in [-0.2, 0) is 11.8 Å². The summed E-state index contributed by atoms with van der Waals surface area (Å²) in [6.07, 6.45) is 4.12. The first-order valence-electron chi connectivity index (χ1n) is 7.44. The lowest BCUT2D eigenvalue weighted by Crippen LogP contribution is -2.44. The number of nitrogens with zero attached hydrogens (tertiary/aromatic N) is 2. The van der Waals surface area contributed by atoms with Crippen LogP contribution in [-0.4, -0.2) is 29.1 Å². The van der Waals surface area contributed by atoms with Crippen molar-refractivity contribution in [3.63, 3.8) is 0 Å². The number of nitro groups is 1. The van der Waals surface area contributed by atoms with Gasteiger partial charge in [-0.2, -0.15) is 0 Å². The fourth-order valence-electron chi connectivity index (χ4n) is 2.59. The van der Waals surface area contributed by atoms with E-state index in [-0.39, 0.29) is 24.0 Å². The number of hydrogen-bond acceptors (Lipinski definition) is 5. The topological polar surface area (TPSA) is 103 Å². The summed E-state index contributed by atoms with van der Waals surface area (Å²) < 4.78 is 6.68. The first-order valence-corrected chi connectivity index (χ1v) is 7.44. The van der Waals surface area contributed by atoms with Gasteiger partial charge in [-0.25, -0.2) is 0 Å². The summed E-state index contributed by atoms with van der Waals surface area (Å²) >= 11 is 0. The van der Waals surface area contributed by atoms with Crippen molar-refractivity contribution in [3.8, 4) is 5.75 Å². The summed E-state index contributed by atoms with van der Waals surface area (Å²) in [6, 6.07) is 1.45. The van der Waals surface area contributed by atoms with Gasteiger partial charge in [0.05, 0.1) is 10.3 Å². The van der Waals surface area contributed by atoms with Gasteiger partial charge in [0.15, 0.2) is 12.4 Å². The standard InChI is InChI=1S/C16H19N3O5/c1-10-5-4-6-12(19(22)23)7-11-8-13(24-9-14(20)17-2)16(21)18(3)15(10)11/h6-8H,4-5,9H2,1-3H3,(H,17,20). The van der Waals surface area contributed by atoms with Gasteiger partial charge in [-0.05, 0) is 37.5 Å². The molecule has 1 aromatic heterocycles. The summed E-state index contributed by atoms with van der Waals surface area (Å²) in [5.74, 6) is -0.395. The second-order valence-corrected chi connectivity index (χ2v) is 5.49. The Kier molecular flexibility index (Phi) is 5.18. The molecule has 0 saturated carbocycles. The number of amides is 1. The van der Waals surface area contributed by atoms with E-state index in [1.54, 1.807) is 13.1 Å². The average Bonchev–Trinajstić information content (AvgIpc) is 2.53. The van der Waals surface area contributed by atoms with Crippen molar-refractivity contribution in [2.45, 2.75) is 19.8 Å². The van der Waals surface area contributed by atoms with E-state index < -0.39 is 10.5 Å². The highest BCUT2D eigenvalue weighted by Crippen LogP contribution is 2.10. The molecule has 2 rings (SSSR count). The molecular formula is C16H19N3O5. The van der Waals surface area contributed by atoms with Crippen LogP contribution in [0.3, 0.4) is 0 Å². The third-order valence-corrected chi connectivity index (χ3v) is 3.84. The molecule has 0 unspecified atom stereocenters. The van der Waals surface area contributed by atoms with E-state index in [9.17, 15) is 19.7 Å². The van der Waals surface area contributed by atoms with Crippen molar-refractivity contribution >= 4 is 17.6 Å². The van der Waals surface area contributed by atoms with E-state index in [0.717, 1.165) is 5.57 Å². The van der Waals surface area contributed by atoms with Gasteiger partial charge in [-0.15, -0.1) is 0 Å². The van der Waals surface area contributed by atoms with E-state index >= 15 is 0 Å². The number of hydrogen-bond donors (Lipinski definition) is 1. The van der Waals surface area contributed by atoms with Crippen LogP contribution in [0.15, 0.2) is 22.6 Å². The van der Waals surface area contributed by atoms with Crippen LogP contribution < -0.4 is 26.2 Å². The van der Waals surface area contributed by atoms with Crippen molar-refractivity contribution in [3.05, 3.63) is 48.9 Å². The largest absolute Gasteiger partial charge is 0.478 e. The predicted molar refractivity (Wildman–Crippen MR) is 88.4 cm³/mol. The van der Waals surface area contributed by atoms with Gasteiger partial charge in [0.2, 0.25) is 0 Å². The van der Waals surface area contributed by atoms with Crippen molar-refractivity contribution in [1.29, 1.82) is 0 Å². The van der Waals surface area contributed by atoms with Crippen LogP contribution in [0.5, 0.6) is 5.75 Å². The Morgan fingerprint density at radius 1 is 1.50 bits per heavy atom. The van der Waals surface area contributed by atoms with E-state index in [4.69, 9.17) is 4.74 Å². The maximum atomic E-state index is 12.4. The highest BCUT2D eigenvalue weighted by atomic mass is 16.6. The minimum Gasteiger partial charge on any atom is -0.478 e. The number of aromatic nitrogens is 1. The number of pyridine rings is 1. The molecule has 1 aromatic rings. The summed E-state index contributed by atoms with van der Waals surface area (Å²) in [5, 5.41) is 14.7. The maximum absolute atomic E-state index is 12.4. The summed E-state index contributed by atoms with van der Waals surface area (Å²) in [7, 11) is 3.05. The number of rotatable bonds is 4. The number of allylic oxidation sites excluding steroid dienone is 2. The number of likely N-dealkylation sites (N-methyl/N-ethyl adjacent to an activating group) is 1. The lowest BCUT2D eigenvalue weighted by atomic mass is 10.1. The van der Waals surface area contributed by atoms with Crippen LogP contribution >= 0.6 is 0 Å². The molecule has 0 fully saturated rings. The molecular weight excluding hydrogens is 314 g/mol. The Morgan fingerprint density at radius 3 is 2.83 bits per heavy atom. The van der Waals surface area contributed by atoms with E-state index in [0.29, 0.717) is 23.4 Å². The second kappa shape index (κ2) is 7.12. The average molecular weight is 333 g/mol. The smallest absolute Gasteiger partial charge is 0.293 e. The van der Waals surface area contributed by atoms with Crippen molar-refractivity contribution in [1.82, 2.24) is 9.88 Å². The summed E-state index contributed by atoms with van der Waals surface area (Å²) in [6.45, 7) is 1.59. The first kappa shape index (κ1) is 17.5. The second-order valence-electron chi connectivity index (χ2n) is 5.49. The molecule has 1 aliphatic rings. The van der Waals surface area contributed by atoms with Gasteiger partial charge >= 0.3 is 0 Å². The van der Waals surface area contributed by atoms with Crippen molar-refractivity contribution in [2.24, 2.45) is 7.05 Å². The number of fused-ring (bicyclic) bond motifs is 1. The molecule has 0 radical (unpaired) electrons. The van der Waals surface area contributed by atoms with Crippen molar-refractivity contribution < 1.29 is 14.5 Å². The molecule has 8 nitrogen and oxygen atoms in total. The molecule has 1 aliphatic carbocycles. The number of carbonyl (C=O) groups excluding carboxylic acids is 1. The van der Waals surface area contributed by atoms with Gasteiger partial charge in [0, 0.05) is 25.4 Å². The van der Waals surface area contributed by atoms with Crippen LogP contribution in [0.25, 0.3) is 11.6 Å². The predicted octanol–water partition coefficient (Wildman–Crippen LogP) is -0.584. The minimum atomic E-state index is -0.458. The Hall–Kier alpha value is -2.90. The number of carbonyl (C=O) groups is 1. The molecule has 128 valence electrons. The summed E-state index contributed by atoms with van der Waals surface area (Å²) in [5.41, 5.74) is 0.537. The zero-order valence-electron chi connectivity index (χ0n) is 13.8. The number of nitrogens with one attached hydrogen (secondary N) is 1. The molecule has 0 aliphatic heterocycles. The Labute approximate surface area is 137 Å². The zero-order chi connectivity index (χ0) is 17.9. The van der Waals surface area contributed by atoms with E-state index in [2.05, 4.69) is 5.32 Å². The number of ether oxygens (including phenoxy) is 1. The van der Waals surface area contributed by atoms with Crippen molar-refractivity contribution in [2.75, 3.05) is 13.7 Å². The van der Waals surface area contributed by atoms with Gasteiger partial charge in [0.25, 0.3) is 17.2 Å². The van der Waals surface area contributed by atoms with Crippen LogP contribution in [0.4, 0.5) is 0 Å². The highest BCUT2D eigenvalue weighted by molar-refractivity contribution is 5.77. The zero-order valence-corrected chi connectivity index (χ0v) is 13.8. The lowest BCUT2D eigenvalue weighted by Gasteiger charge is -2.11. The highest BCUT2D eigenvalue weighted by Gasteiger charge is 2.14.